The van der Waals surface area contributed by atoms with Gasteiger partial charge in [0.1, 0.15) is 0 Å². The fraction of sp³-hybridized carbons (Fsp3) is 0.316. The number of amides is 2. The van der Waals surface area contributed by atoms with Gasteiger partial charge in [-0.2, -0.15) is 13.2 Å². The number of nitrogens with zero attached hydrogens (tertiary/aromatic N) is 2. The molecule has 10 heteroatoms. The zero-order valence-electron chi connectivity index (χ0n) is 15.1. The molecule has 2 amide bonds. The maximum atomic E-state index is 12.5. The summed E-state index contributed by atoms with van der Waals surface area (Å²) in [6.45, 7) is 0.852. The minimum Gasteiger partial charge on any atom is -0.452 e. The molecule has 0 spiro atoms. The molecule has 2 aromatic rings. The Balaban J connectivity index is 1.46. The first-order valence-corrected chi connectivity index (χ1v) is 9.58. The van der Waals surface area contributed by atoms with Crippen molar-refractivity contribution in [2.45, 2.75) is 6.18 Å². The van der Waals surface area contributed by atoms with E-state index in [0.717, 1.165) is 24.3 Å². The second kappa shape index (κ2) is 8.64. The molecule has 0 bridgehead atoms. The third kappa shape index (κ3) is 5.14. The van der Waals surface area contributed by atoms with Crippen molar-refractivity contribution in [2.75, 3.05) is 32.8 Å². The number of ether oxygens (including phenoxy) is 1. The van der Waals surface area contributed by atoms with Crippen molar-refractivity contribution in [3.63, 3.8) is 0 Å². The molecule has 0 aliphatic carbocycles. The van der Waals surface area contributed by atoms with E-state index in [0.29, 0.717) is 31.1 Å². The molecule has 1 fully saturated rings. The molecule has 1 aromatic heterocycles. The van der Waals surface area contributed by atoms with Crippen molar-refractivity contribution in [3.05, 3.63) is 57.8 Å². The first kappa shape index (κ1) is 20.8. The highest BCUT2D eigenvalue weighted by atomic mass is 32.1. The van der Waals surface area contributed by atoms with Gasteiger partial charge in [-0.1, -0.05) is 6.07 Å². The molecule has 1 aromatic carbocycles. The van der Waals surface area contributed by atoms with Crippen LogP contribution in [-0.2, 0) is 15.7 Å². The number of carbonyl (C=O) groups is 3. The summed E-state index contributed by atoms with van der Waals surface area (Å²) in [5.41, 5.74) is -0.947. The zero-order valence-corrected chi connectivity index (χ0v) is 16.0. The van der Waals surface area contributed by atoms with E-state index in [-0.39, 0.29) is 11.5 Å². The van der Waals surface area contributed by atoms with Crippen LogP contribution in [0.2, 0.25) is 0 Å². The molecular weight excluding hydrogens is 409 g/mol. The second-order valence-electron chi connectivity index (χ2n) is 6.30. The van der Waals surface area contributed by atoms with Gasteiger partial charge < -0.3 is 14.5 Å². The molecule has 3 rings (SSSR count). The molecule has 2 heterocycles. The molecule has 0 radical (unpaired) electrons. The highest BCUT2D eigenvalue weighted by Gasteiger charge is 2.30. The summed E-state index contributed by atoms with van der Waals surface area (Å²) in [7, 11) is 0. The van der Waals surface area contributed by atoms with Crippen LogP contribution >= 0.6 is 11.3 Å². The molecule has 0 unspecified atom stereocenters. The summed E-state index contributed by atoms with van der Waals surface area (Å²) < 4.78 is 42.6. The summed E-state index contributed by atoms with van der Waals surface area (Å²) in [6.07, 6.45) is -4.49. The van der Waals surface area contributed by atoms with Crippen LogP contribution in [0.15, 0.2) is 41.8 Å². The monoisotopic (exact) mass is 426 g/mol. The summed E-state index contributed by atoms with van der Waals surface area (Å²) in [6, 6.07) is 7.10. The van der Waals surface area contributed by atoms with Crippen molar-refractivity contribution in [3.8, 4) is 0 Å². The average molecular weight is 426 g/mol. The van der Waals surface area contributed by atoms with E-state index in [2.05, 4.69) is 0 Å². The van der Waals surface area contributed by atoms with E-state index in [9.17, 15) is 27.6 Å². The molecule has 29 heavy (non-hydrogen) atoms. The van der Waals surface area contributed by atoms with Gasteiger partial charge in [0.2, 0.25) is 0 Å². The van der Waals surface area contributed by atoms with E-state index < -0.39 is 30.2 Å². The van der Waals surface area contributed by atoms with Crippen LogP contribution in [0.1, 0.15) is 25.6 Å². The van der Waals surface area contributed by atoms with Crippen LogP contribution in [0.25, 0.3) is 0 Å². The normalized spacial score (nSPS) is 14.6. The number of halogens is 3. The average Bonchev–Trinajstić information content (AvgIpc) is 3.25. The Hall–Kier alpha value is -2.88. The topological polar surface area (TPSA) is 66.9 Å². The number of alkyl halides is 3. The molecule has 1 saturated heterocycles. The Labute approximate surface area is 168 Å². The van der Waals surface area contributed by atoms with Crippen molar-refractivity contribution < 1.29 is 32.3 Å². The highest BCUT2D eigenvalue weighted by molar-refractivity contribution is 7.12. The molecule has 1 aliphatic rings. The minimum atomic E-state index is -4.49. The Bertz CT molecular complexity index is 874. The third-order valence-corrected chi connectivity index (χ3v) is 5.28. The van der Waals surface area contributed by atoms with Crippen LogP contribution in [0.3, 0.4) is 0 Å². The van der Waals surface area contributed by atoms with Crippen LogP contribution < -0.4 is 0 Å². The first-order chi connectivity index (χ1) is 13.8. The van der Waals surface area contributed by atoms with Crippen molar-refractivity contribution in [1.29, 1.82) is 0 Å². The van der Waals surface area contributed by atoms with E-state index in [1.165, 1.54) is 16.2 Å². The summed E-state index contributed by atoms with van der Waals surface area (Å²) in [5, 5.41) is 1.82. The molecule has 0 atom stereocenters. The van der Waals surface area contributed by atoms with Gasteiger partial charge in [0, 0.05) is 26.2 Å². The Morgan fingerprint density at radius 2 is 1.59 bits per heavy atom. The summed E-state index contributed by atoms with van der Waals surface area (Å²) in [5.74, 6) is -1.38. The summed E-state index contributed by atoms with van der Waals surface area (Å²) in [4.78, 5) is 40.2. The number of hydrogen-bond acceptors (Lipinski definition) is 5. The van der Waals surface area contributed by atoms with Crippen molar-refractivity contribution in [2.24, 2.45) is 0 Å². The Morgan fingerprint density at radius 3 is 2.14 bits per heavy atom. The van der Waals surface area contributed by atoms with Crippen LogP contribution in [-0.4, -0.2) is 60.4 Å². The minimum absolute atomic E-state index is 0.0721. The fourth-order valence-electron chi connectivity index (χ4n) is 2.81. The smallest absolute Gasteiger partial charge is 0.416 e. The number of hydrogen-bond donors (Lipinski definition) is 0. The Morgan fingerprint density at radius 1 is 0.966 bits per heavy atom. The van der Waals surface area contributed by atoms with Crippen LogP contribution in [0.5, 0.6) is 0 Å². The van der Waals surface area contributed by atoms with E-state index in [4.69, 9.17) is 4.74 Å². The lowest BCUT2D eigenvalue weighted by atomic mass is 10.1. The number of rotatable bonds is 4. The number of thiophene rings is 1. The fourth-order valence-corrected chi connectivity index (χ4v) is 3.50. The van der Waals surface area contributed by atoms with E-state index in [1.54, 1.807) is 17.0 Å². The number of piperazine rings is 1. The van der Waals surface area contributed by atoms with Gasteiger partial charge in [-0.3, -0.25) is 9.59 Å². The van der Waals surface area contributed by atoms with Gasteiger partial charge in [-0.15, -0.1) is 11.3 Å². The molecule has 6 nitrogen and oxygen atoms in total. The van der Waals surface area contributed by atoms with Crippen LogP contribution in [0, 0.1) is 0 Å². The molecule has 0 saturated carbocycles. The number of benzene rings is 1. The molecule has 154 valence electrons. The second-order valence-corrected chi connectivity index (χ2v) is 7.25. The predicted molar refractivity (Wildman–Crippen MR) is 98.5 cm³/mol. The van der Waals surface area contributed by atoms with Gasteiger partial charge in [-0.25, -0.2) is 4.79 Å². The molecule has 0 N–H and O–H groups in total. The lowest BCUT2D eigenvalue weighted by molar-refractivity contribution is -0.137. The number of carbonyl (C=O) groups excluding carboxylic acids is 3. The molecular formula is C19H17F3N2O4S. The van der Waals surface area contributed by atoms with Crippen molar-refractivity contribution in [1.82, 2.24) is 9.80 Å². The number of esters is 1. The zero-order chi connectivity index (χ0) is 21.0. The van der Waals surface area contributed by atoms with Crippen LogP contribution in [0.4, 0.5) is 13.2 Å². The quantitative estimate of drug-likeness (QED) is 0.706. The van der Waals surface area contributed by atoms with Crippen molar-refractivity contribution >= 4 is 29.1 Å². The maximum Gasteiger partial charge on any atom is 0.416 e. The molecule has 1 aliphatic heterocycles. The van der Waals surface area contributed by atoms with Gasteiger partial charge in [-0.05, 0) is 35.7 Å². The highest BCUT2D eigenvalue weighted by Crippen LogP contribution is 2.29. The van der Waals surface area contributed by atoms with Gasteiger partial charge in [0.15, 0.2) is 6.61 Å². The van der Waals surface area contributed by atoms with Gasteiger partial charge in [0.25, 0.3) is 11.8 Å². The SMILES string of the molecule is O=C(OCC(=O)N1CCN(C(=O)c2cccs2)CC1)c1ccc(C(F)(F)F)cc1. The maximum absolute atomic E-state index is 12.5. The summed E-state index contributed by atoms with van der Waals surface area (Å²) >= 11 is 1.35. The lowest BCUT2D eigenvalue weighted by Crippen LogP contribution is -2.51. The standard InChI is InChI=1S/C19H17F3N2O4S/c20-19(21,22)14-5-3-13(4-6-14)18(27)28-12-16(25)23-7-9-24(10-8-23)17(26)15-2-1-11-29-15/h1-6,11H,7-10,12H2. The van der Waals surface area contributed by atoms with Gasteiger partial charge >= 0.3 is 12.1 Å². The third-order valence-electron chi connectivity index (χ3n) is 4.43. The first-order valence-electron chi connectivity index (χ1n) is 8.70. The lowest BCUT2D eigenvalue weighted by Gasteiger charge is -2.34. The van der Waals surface area contributed by atoms with E-state index in [1.807, 2.05) is 5.38 Å². The predicted octanol–water partition coefficient (Wildman–Crippen LogP) is 2.91. The Kier molecular flexibility index (Phi) is 6.21. The van der Waals surface area contributed by atoms with Gasteiger partial charge in [0.05, 0.1) is 16.0 Å². The largest absolute Gasteiger partial charge is 0.452 e. The van der Waals surface area contributed by atoms with E-state index >= 15 is 0 Å².